The normalized spacial score (nSPS) is 10.4. The van der Waals surface area contributed by atoms with E-state index in [1.165, 1.54) is 11.8 Å². The molecule has 0 saturated heterocycles. The average Bonchev–Trinajstić information content (AvgIpc) is 2.64. The van der Waals surface area contributed by atoms with E-state index < -0.39 is 0 Å². The van der Waals surface area contributed by atoms with E-state index in [1.54, 1.807) is 18.2 Å². The lowest BCUT2D eigenvalue weighted by molar-refractivity contribution is -0.120. The Kier molecular flexibility index (Phi) is 7.25. The molecule has 0 aromatic heterocycles. The van der Waals surface area contributed by atoms with Gasteiger partial charge in [-0.3, -0.25) is 9.59 Å². The number of hydrogen-bond donors (Lipinski definition) is 1. The number of amides is 2. The van der Waals surface area contributed by atoms with Crippen LogP contribution in [0.25, 0.3) is 0 Å². The van der Waals surface area contributed by atoms with Crippen LogP contribution < -0.4 is 15.1 Å². The van der Waals surface area contributed by atoms with Crippen molar-refractivity contribution in [2.75, 3.05) is 34.8 Å². The molecule has 6 heteroatoms. The zero-order chi connectivity index (χ0) is 20.0. The Labute approximate surface area is 165 Å². The summed E-state index contributed by atoms with van der Waals surface area (Å²) in [5.41, 5.74) is 3.22. The van der Waals surface area contributed by atoms with Gasteiger partial charge >= 0.3 is 0 Å². The topological polar surface area (TPSA) is 52.7 Å². The second-order valence-electron chi connectivity index (χ2n) is 6.26. The Balaban J connectivity index is 2.10. The fourth-order valence-corrected chi connectivity index (χ4v) is 3.11. The first-order chi connectivity index (χ1) is 12.9. The summed E-state index contributed by atoms with van der Waals surface area (Å²) in [6.45, 7) is 9.25. The number of halogens is 1. The maximum atomic E-state index is 12.5. The molecule has 5 nitrogen and oxygen atoms in total. The SMILES string of the molecule is CCN(CC)c1ccc(NC(=O)CN(C(C)=O)c2cccc(Cl)c2C)cc1. The molecule has 2 aromatic rings. The van der Waals surface area contributed by atoms with Gasteiger partial charge in [-0.2, -0.15) is 0 Å². The van der Waals surface area contributed by atoms with Crippen molar-refractivity contribution in [3.05, 3.63) is 53.1 Å². The maximum Gasteiger partial charge on any atom is 0.244 e. The molecule has 0 atom stereocenters. The van der Waals surface area contributed by atoms with Crippen LogP contribution in [0.2, 0.25) is 5.02 Å². The molecule has 0 bridgehead atoms. The minimum Gasteiger partial charge on any atom is -0.372 e. The van der Waals surface area contributed by atoms with Crippen molar-refractivity contribution in [1.82, 2.24) is 0 Å². The number of benzene rings is 2. The van der Waals surface area contributed by atoms with Crippen LogP contribution in [0.3, 0.4) is 0 Å². The number of anilines is 3. The van der Waals surface area contributed by atoms with Crippen molar-refractivity contribution < 1.29 is 9.59 Å². The highest BCUT2D eigenvalue weighted by molar-refractivity contribution is 6.31. The van der Waals surface area contributed by atoms with E-state index in [9.17, 15) is 9.59 Å². The molecule has 2 amide bonds. The van der Waals surface area contributed by atoms with Gasteiger partial charge in [0, 0.05) is 42.1 Å². The third-order valence-electron chi connectivity index (χ3n) is 4.49. The molecule has 0 aliphatic carbocycles. The van der Waals surface area contributed by atoms with E-state index in [0.717, 1.165) is 24.3 Å². The number of nitrogens with one attached hydrogen (secondary N) is 1. The second kappa shape index (κ2) is 9.42. The second-order valence-corrected chi connectivity index (χ2v) is 6.66. The van der Waals surface area contributed by atoms with Crippen LogP contribution in [0.5, 0.6) is 0 Å². The zero-order valence-corrected chi connectivity index (χ0v) is 17.0. The van der Waals surface area contributed by atoms with Gasteiger partial charge in [0.2, 0.25) is 11.8 Å². The zero-order valence-electron chi connectivity index (χ0n) is 16.3. The Morgan fingerprint density at radius 1 is 1.04 bits per heavy atom. The third-order valence-corrected chi connectivity index (χ3v) is 4.90. The van der Waals surface area contributed by atoms with Crippen LogP contribution in [-0.4, -0.2) is 31.4 Å². The highest BCUT2D eigenvalue weighted by atomic mass is 35.5. The number of hydrogen-bond acceptors (Lipinski definition) is 3. The van der Waals surface area contributed by atoms with Gasteiger partial charge < -0.3 is 15.1 Å². The third kappa shape index (κ3) is 5.23. The van der Waals surface area contributed by atoms with Gasteiger partial charge in [0.1, 0.15) is 6.54 Å². The molecule has 27 heavy (non-hydrogen) atoms. The lowest BCUT2D eigenvalue weighted by Gasteiger charge is -2.23. The molecular weight excluding hydrogens is 362 g/mol. The van der Waals surface area contributed by atoms with E-state index in [2.05, 4.69) is 24.1 Å². The summed E-state index contributed by atoms with van der Waals surface area (Å²) in [6, 6.07) is 13.0. The van der Waals surface area contributed by atoms with E-state index >= 15 is 0 Å². The van der Waals surface area contributed by atoms with Crippen LogP contribution in [-0.2, 0) is 9.59 Å². The molecule has 0 aliphatic rings. The van der Waals surface area contributed by atoms with Crippen LogP contribution >= 0.6 is 11.6 Å². The van der Waals surface area contributed by atoms with Gasteiger partial charge in [0.25, 0.3) is 0 Å². The van der Waals surface area contributed by atoms with Gasteiger partial charge in [0.15, 0.2) is 0 Å². The number of nitrogens with zero attached hydrogens (tertiary/aromatic N) is 2. The van der Waals surface area contributed by atoms with Crippen molar-refractivity contribution in [2.24, 2.45) is 0 Å². The lowest BCUT2D eigenvalue weighted by atomic mass is 10.1. The minimum atomic E-state index is -0.264. The average molecular weight is 388 g/mol. The molecule has 0 aliphatic heterocycles. The first-order valence-electron chi connectivity index (χ1n) is 9.05. The predicted molar refractivity (Wildman–Crippen MR) is 113 cm³/mol. The summed E-state index contributed by atoms with van der Waals surface area (Å²) >= 11 is 6.15. The monoisotopic (exact) mass is 387 g/mol. The van der Waals surface area contributed by atoms with Crippen molar-refractivity contribution >= 4 is 40.5 Å². The summed E-state index contributed by atoms with van der Waals surface area (Å²) in [7, 11) is 0. The van der Waals surface area contributed by atoms with Crippen LogP contribution in [0.15, 0.2) is 42.5 Å². The molecule has 2 rings (SSSR count). The maximum absolute atomic E-state index is 12.5. The predicted octanol–water partition coefficient (Wildman–Crippen LogP) is 4.49. The number of carbonyl (C=O) groups is 2. The molecule has 1 N–H and O–H groups in total. The summed E-state index contributed by atoms with van der Waals surface area (Å²) in [4.78, 5) is 28.2. The smallest absolute Gasteiger partial charge is 0.244 e. The summed E-state index contributed by atoms with van der Waals surface area (Å²) in [5, 5.41) is 3.41. The van der Waals surface area contributed by atoms with Crippen molar-refractivity contribution in [2.45, 2.75) is 27.7 Å². The van der Waals surface area contributed by atoms with E-state index in [0.29, 0.717) is 16.4 Å². The highest BCUT2D eigenvalue weighted by Gasteiger charge is 2.18. The van der Waals surface area contributed by atoms with Crippen LogP contribution in [0.4, 0.5) is 17.1 Å². The van der Waals surface area contributed by atoms with E-state index in [-0.39, 0.29) is 18.4 Å². The first kappa shape index (κ1) is 20.8. The van der Waals surface area contributed by atoms with Crippen molar-refractivity contribution in [3.8, 4) is 0 Å². The lowest BCUT2D eigenvalue weighted by Crippen LogP contribution is -2.37. The van der Waals surface area contributed by atoms with Crippen LogP contribution in [0.1, 0.15) is 26.3 Å². The highest BCUT2D eigenvalue weighted by Crippen LogP contribution is 2.26. The molecule has 0 radical (unpaired) electrons. The molecule has 0 unspecified atom stereocenters. The molecular formula is C21H26ClN3O2. The van der Waals surface area contributed by atoms with Crippen LogP contribution in [0, 0.1) is 6.92 Å². The Hall–Kier alpha value is -2.53. The number of rotatable bonds is 7. The van der Waals surface area contributed by atoms with Gasteiger partial charge in [-0.1, -0.05) is 17.7 Å². The largest absolute Gasteiger partial charge is 0.372 e. The van der Waals surface area contributed by atoms with Gasteiger partial charge in [0.05, 0.1) is 0 Å². The summed E-state index contributed by atoms with van der Waals surface area (Å²) < 4.78 is 0. The van der Waals surface area contributed by atoms with E-state index in [1.807, 2.05) is 31.2 Å². The van der Waals surface area contributed by atoms with Gasteiger partial charge in [-0.25, -0.2) is 0 Å². The fourth-order valence-electron chi connectivity index (χ4n) is 2.94. The molecule has 144 valence electrons. The Morgan fingerprint density at radius 2 is 1.67 bits per heavy atom. The van der Waals surface area contributed by atoms with E-state index in [4.69, 9.17) is 11.6 Å². The fraction of sp³-hybridized carbons (Fsp3) is 0.333. The van der Waals surface area contributed by atoms with Crippen molar-refractivity contribution in [1.29, 1.82) is 0 Å². The standard InChI is InChI=1S/C21H26ClN3O2/c1-5-24(6-2)18-12-10-17(11-13-18)23-21(27)14-25(16(4)26)20-9-7-8-19(22)15(20)3/h7-13H,5-6,14H2,1-4H3,(H,23,27). The molecule has 2 aromatic carbocycles. The molecule has 0 fully saturated rings. The molecule has 0 saturated carbocycles. The quantitative estimate of drug-likeness (QED) is 0.761. The first-order valence-corrected chi connectivity index (χ1v) is 9.43. The molecule has 0 spiro atoms. The van der Waals surface area contributed by atoms with Gasteiger partial charge in [-0.15, -0.1) is 0 Å². The molecule has 0 heterocycles. The summed E-state index contributed by atoms with van der Waals surface area (Å²) in [5.74, 6) is -0.479. The van der Waals surface area contributed by atoms with Gasteiger partial charge in [-0.05, 0) is 62.7 Å². The summed E-state index contributed by atoms with van der Waals surface area (Å²) in [6.07, 6.45) is 0. The number of carbonyl (C=O) groups excluding carboxylic acids is 2. The Morgan fingerprint density at radius 3 is 2.22 bits per heavy atom. The Bertz CT molecular complexity index is 802. The van der Waals surface area contributed by atoms with Crippen molar-refractivity contribution in [3.63, 3.8) is 0 Å². The minimum absolute atomic E-state index is 0.0751.